The molecule has 0 radical (unpaired) electrons. The van der Waals surface area contributed by atoms with Crippen LogP contribution >= 0.6 is 0 Å². The highest BCUT2D eigenvalue weighted by Gasteiger charge is 2.16. The first kappa shape index (κ1) is 8.57. The number of hydrogen-bond acceptors (Lipinski definition) is 2. The van der Waals surface area contributed by atoms with E-state index in [1.807, 2.05) is 0 Å². The van der Waals surface area contributed by atoms with Crippen molar-refractivity contribution in [2.24, 2.45) is 11.1 Å². The summed E-state index contributed by atoms with van der Waals surface area (Å²) < 4.78 is 0. The third-order valence-corrected chi connectivity index (χ3v) is 2.58. The molecule has 0 spiro atoms. The molecule has 64 valence electrons. The Bertz CT molecular complexity index is 142. The Hall–Kier alpha value is -0.530. The van der Waals surface area contributed by atoms with Gasteiger partial charge < -0.3 is 5.21 Å². The van der Waals surface area contributed by atoms with E-state index in [-0.39, 0.29) is 0 Å². The van der Waals surface area contributed by atoms with Crippen molar-refractivity contribution >= 4 is 5.71 Å². The van der Waals surface area contributed by atoms with Crippen LogP contribution in [0.25, 0.3) is 0 Å². The van der Waals surface area contributed by atoms with Crippen LogP contribution < -0.4 is 0 Å². The molecular weight excluding hydrogens is 138 g/mol. The molecule has 1 fully saturated rings. The van der Waals surface area contributed by atoms with Crippen LogP contribution in [-0.2, 0) is 0 Å². The minimum Gasteiger partial charge on any atom is -0.411 e. The lowest BCUT2D eigenvalue weighted by atomic mass is 9.96. The summed E-state index contributed by atoms with van der Waals surface area (Å²) in [6.45, 7) is 2.17. The van der Waals surface area contributed by atoms with Crippen LogP contribution in [0.15, 0.2) is 5.16 Å². The predicted molar refractivity (Wildman–Crippen MR) is 46.1 cm³/mol. The number of nitrogens with zero attached hydrogens (tertiary/aromatic N) is 1. The van der Waals surface area contributed by atoms with Crippen molar-refractivity contribution in [2.45, 2.75) is 45.4 Å². The van der Waals surface area contributed by atoms with Crippen LogP contribution in [0.1, 0.15) is 45.4 Å². The predicted octanol–water partition coefficient (Wildman–Crippen LogP) is 2.81. The Morgan fingerprint density at radius 2 is 2.27 bits per heavy atom. The molecule has 1 atom stereocenters. The van der Waals surface area contributed by atoms with Crippen LogP contribution in [0.5, 0.6) is 0 Å². The molecular formula is C9H17NO. The molecule has 1 aliphatic rings. The maximum Gasteiger partial charge on any atom is 0.0601 e. The second-order valence-corrected chi connectivity index (χ2v) is 3.30. The number of oxime groups is 1. The van der Waals surface area contributed by atoms with Crippen LogP contribution in [0.4, 0.5) is 0 Å². The van der Waals surface area contributed by atoms with Gasteiger partial charge >= 0.3 is 0 Å². The van der Waals surface area contributed by atoms with E-state index in [9.17, 15) is 0 Å². The van der Waals surface area contributed by atoms with E-state index < -0.39 is 0 Å². The third kappa shape index (κ3) is 2.21. The molecule has 0 aromatic rings. The van der Waals surface area contributed by atoms with Crippen molar-refractivity contribution < 1.29 is 5.21 Å². The first-order valence-corrected chi connectivity index (χ1v) is 4.59. The molecule has 0 aromatic heterocycles. The van der Waals surface area contributed by atoms with E-state index in [0.717, 1.165) is 18.6 Å². The highest BCUT2D eigenvalue weighted by Crippen LogP contribution is 2.23. The Morgan fingerprint density at radius 1 is 1.45 bits per heavy atom. The zero-order valence-corrected chi connectivity index (χ0v) is 7.21. The largest absolute Gasteiger partial charge is 0.411 e. The van der Waals surface area contributed by atoms with Gasteiger partial charge in [0.2, 0.25) is 0 Å². The van der Waals surface area contributed by atoms with Crippen molar-refractivity contribution in [2.75, 3.05) is 0 Å². The molecule has 0 aliphatic heterocycles. The summed E-state index contributed by atoms with van der Waals surface area (Å²) in [5.41, 5.74) is 1.03. The molecule has 1 saturated carbocycles. The summed E-state index contributed by atoms with van der Waals surface area (Å²) in [6.07, 6.45) is 7.16. The zero-order chi connectivity index (χ0) is 8.10. The van der Waals surface area contributed by atoms with E-state index in [4.69, 9.17) is 5.21 Å². The SMILES string of the molecule is CCC1CCCCCC1=NO. The van der Waals surface area contributed by atoms with Gasteiger partial charge in [0.1, 0.15) is 0 Å². The Kier molecular flexibility index (Phi) is 3.40. The lowest BCUT2D eigenvalue weighted by Gasteiger charge is -2.11. The maximum absolute atomic E-state index is 8.71. The number of hydrogen-bond donors (Lipinski definition) is 1. The molecule has 1 rings (SSSR count). The van der Waals surface area contributed by atoms with Gasteiger partial charge in [-0.15, -0.1) is 0 Å². The minimum atomic E-state index is 0.558. The van der Waals surface area contributed by atoms with Crippen LogP contribution in [-0.4, -0.2) is 10.9 Å². The van der Waals surface area contributed by atoms with E-state index in [2.05, 4.69) is 12.1 Å². The molecule has 1 unspecified atom stereocenters. The quantitative estimate of drug-likeness (QED) is 0.352. The molecule has 0 bridgehead atoms. The average Bonchev–Trinajstić information content (AvgIpc) is 2.27. The molecule has 1 N–H and O–H groups in total. The molecule has 0 heterocycles. The Balaban J connectivity index is 2.55. The van der Waals surface area contributed by atoms with Gasteiger partial charge in [-0.2, -0.15) is 0 Å². The first-order valence-electron chi connectivity index (χ1n) is 4.59. The third-order valence-electron chi connectivity index (χ3n) is 2.58. The van der Waals surface area contributed by atoms with E-state index in [1.54, 1.807) is 0 Å². The molecule has 0 aromatic carbocycles. The van der Waals surface area contributed by atoms with Gasteiger partial charge in [-0.05, 0) is 25.7 Å². The van der Waals surface area contributed by atoms with E-state index in [1.165, 1.54) is 25.7 Å². The second-order valence-electron chi connectivity index (χ2n) is 3.30. The van der Waals surface area contributed by atoms with Crippen LogP contribution in [0.2, 0.25) is 0 Å². The van der Waals surface area contributed by atoms with Crippen molar-refractivity contribution in [1.29, 1.82) is 0 Å². The zero-order valence-electron chi connectivity index (χ0n) is 7.21. The number of rotatable bonds is 1. The van der Waals surface area contributed by atoms with Gasteiger partial charge in [-0.1, -0.05) is 24.9 Å². The molecule has 0 amide bonds. The van der Waals surface area contributed by atoms with E-state index in [0.29, 0.717) is 5.92 Å². The average molecular weight is 155 g/mol. The van der Waals surface area contributed by atoms with Gasteiger partial charge in [0.25, 0.3) is 0 Å². The molecule has 2 nitrogen and oxygen atoms in total. The monoisotopic (exact) mass is 155 g/mol. The summed E-state index contributed by atoms with van der Waals surface area (Å²) in [4.78, 5) is 0. The van der Waals surface area contributed by atoms with Gasteiger partial charge in [0, 0.05) is 5.92 Å². The second kappa shape index (κ2) is 4.37. The van der Waals surface area contributed by atoms with Gasteiger partial charge in [0.15, 0.2) is 0 Å². The fourth-order valence-corrected chi connectivity index (χ4v) is 1.82. The van der Waals surface area contributed by atoms with Crippen molar-refractivity contribution in [3.05, 3.63) is 0 Å². The summed E-state index contributed by atoms with van der Waals surface area (Å²) in [7, 11) is 0. The topological polar surface area (TPSA) is 32.6 Å². The summed E-state index contributed by atoms with van der Waals surface area (Å²) >= 11 is 0. The molecule has 1 aliphatic carbocycles. The fourth-order valence-electron chi connectivity index (χ4n) is 1.82. The molecule has 0 saturated heterocycles. The van der Waals surface area contributed by atoms with Crippen LogP contribution in [0.3, 0.4) is 0 Å². The summed E-state index contributed by atoms with van der Waals surface area (Å²) in [6, 6.07) is 0. The first-order chi connectivity index (χ1) is 5.38. The van der Waals surface area contributed by atoms with Crippen molar-refractivity contribution in [3.63, 3.8) is 0 Å². The summed E-state index contributed by atoms with van der Waals surface area (Å²) in [5.74, 6) is 0.558. The minimum absolute atomic E-state index is 0.558. The Morgan fingerprint density at radius 3 is 2.91 bits per heavy atom. The smallest absolute Gasteiger partial charge is 0.0601 e. The lowest BCUT2D eigenvalue weighted by molar-refractivity contribution is 0.312. The van der Waals surface area contributed by atoms with Crippen molar-refractivity contribution in [3.8, 4) is 0 Å². The van der Waals surface area contributed by atoms with Gasteiger partial charge in [-0.3, -0.25) is 0 Å². The molecule has 2 heteroatoms. The van der Waals surface area contributed by atoms with Crippen molar-refractivity contribution in [1.82, 2.24) is 0 Å². The summed E-state index contributed by atoms with van der Waals surface area (Å²) in [5, 5.41) is 12.1. The Labute approximate surface area is 68.3 Å². The maximum atomic E-state index is 8.71. The highest BCUT2D eigenvalue weighted by molar-refractivity contribution is 5.86. The standard InChI is InChI=1S/C9H17NO/c1-2-8-6-4-3-5-7-9(8)10-11/h8,11H,2-7H2,1H3. The van der Waals surface area contributed by atoms with Gasteiger partial charge in [0.05, 0.1) is 5.71 Å². The van der Waals surface area contributed by atoms with Crippen LogP contribution in [0, 0.1) is 5.92 Å². The normalized spacial score (nSPS) is 30.3. The lowest BCUT2D eigenvalue weighted by Crippen LogP contribution is -2.11. The fraction of sp³-hybridized carbons (Fsp3) is 0.889. The molecule has 11 heavy (non-hydrogen) atoms. The highest BCUT2D eigenvalue weighted by atomic mass is 16.4. The van der Waals surface area contributed by atoms with E-state index >= 15 is 0 Å². The van der Waals surface area contributed by atoms with Gasteiger partial charge in [-0.25, -0.2) is 0 Å².